The standard InChI is InChI=1S/C16H22FNO2/c1-11(12-5-7-14(17)8-6-12)9-16(20)18-10-13-3-2-4-15(13)19/h5-8,11,13,15,19H,2-4,9-10H2,1H3,(H,18,20). The number of nitrogens with one attached hydrogen (secondary N) is 1. The van der Waals surface area contributed by atoms with Crippen molar-refractivity contribution in [2.75, 3.05) is 6.54 Å². The molecule has 2 rings (SSSR count). The molecule has 1 fully saturated rings. The highest BCUT2D eigenvalue weighted by Gasteiger charge is 2.25. The van der Waals surface area contributed by atoms with Crippen molar-refractivity contribution >= 4 is 5.91 Å². The molecule has 0 radical (unpaired) electrons. The zero-order valence-corrected chi connectivity index (χ0v) is 11.8. The summed E-state index contributed by atoms with van der Waals surface area (Å²) in [5.41, 5.74) is 0.961. The summed E-state index contributed by atoms with van der Waals surface area (Å²) in [6.45, 7) is 2.51. The van der Waals surface area contributed by atoms with Crippen LogP contribution in [0.1, 0.15) is 44.1 Å². The van der Waals surface area contributed by atoms with Gasteiger partial charge in [-0.3, -0.25) is 4.79 Å². The SMILES string of the molecule is CC(CC(=O)NCC1CCCC1O)c1ccc(F)cc1. The van der Waals surface area contributed by atoms with Gasteiger partial charge >= 0.3 is 0 Å². The Labute approximate surface area is 119 Å². The van der Waals surface area contributed by atoms with E-state index in [0.717, 1.165) is 24.8 Å². The maximum Gasteiger partial charge on any atom is 0.220 e. The predicted molar refractivity (Wildman–Crippen MR) is 75.8 cm³/mol. The number of halogens is 1. The van der Waals surface area contributed by atoms with E-state index in [9.17, 15) is 14.3 Å². The van der Waals surface area contributed by atoms with Gasteiger partial charge in [0.25, 0.3) is 0 Å². The summed E-state index contributed by atoms with van der Waals surface area (Å²) in [5, 5.41) is 12.6. The van der Waals surface area contributed by atoms with Crippen molar-refractivity contribution in [1.82, 2.24) is 5.32 Å². The lowest BCUT2D eigenvalue weighted by molar-refractivity contribution is -0.121. The fourth-order valence-electron chi connectivity index (χ4n) is 2.76. The molecule has 3 nitrogen and oxygen atoms in total. The Balaban J connectivity index is 1.77. The second-order valence-corrected chi connectivity index (χ2v) is 5.72. The number of carbonyl (C=O) groups is 1. The molecule has 0 saturated heterocycles. The van der Waals surface area contributed by atoms with Crippen LogP contribution in [-0.4, -0.2) is 23.7 Å². The second kappa shape index (κ2) is 6.84. The van der Waals surface area contributed by atoms with Crippen LogP contribution < -0.4 is 5.32 Å². The van der Waals surface area contributed by atoms with Crippen molar-refractivity contribution in [1.29, 1.82) is 0 Å². The van der Waals surface area contributed by atoms with Gasteiger partial charge < -0.3 is 10.4 Å². The Morgan fingerprint density at radius 2 is 2.10 bits per heavy atom. The van der Waals surface area contributed by atoms with Crippen molar-refractivity contribution in [3.8, 4) is 0 Å². The largest absolute Gasteiger partial charge is 0.393 e. The van der Waals surface area contributed by atoms with Crippen LogP contribution in [0.5, 0.6) is 0 Å². The fourth-order valence-corrected chi connectivity index (χ4v) is 2.76. The second-order valence-electron chi connectivity index (χ2n) is 5.72. The minimum absolute atomic E-state index is 0.0130. The van der Waals surface area contributed by atoms with Crippen molar-refractivity contribution in [3.05, 3.63) is 35.6 Å². The zero-order chi connectivity index (χ0) is 14.5. The zero-order valence-electron chi connectivity index (χ0n) is 11.8. The van der Waals surface area contributed by atoms with E-state index in [2.05, 4.69) is 5.32 Å². The van der Waals surface area contributed by atoms with Crippen molar-refractivity contribution < 1.29 is 14.3 Å². The maximum absolute atomic E-state index is 12.8. The summed E-state index contributed by atoms with van der Waals surface area (Å²) in [7, 11) is 0. The lowest BCUT2D eigenvalue weighted by Gasteiger charge is -2.16. The number of aliphatic hydroxyl groups is 1. The van der Waals surface area contributed by atoms with Gasteiger partial charge in [0.2, 0.25) is 5.91 Å². The third-order valence-electron chi connectivity index (χ3n) is 4.11. The van der Waals surface area contributed by atoms with Gasteiger partial charge in [-0.15, -0.1) is 0 Å². The molecule has 20 heavy (non-hydrogen) atoms. The third-order valence-corrected chi connectivity index (χ3v) is 4.11. The van der Waals surface area contributed by atoms with Crippen LogP contribution in [0, 0.1) is 11.7 Å². The quantitative estimate of drug-likeness (QED) is 0.870. The van der Waals surface area contributed by atoms with E-state index in [0.29, 0.717) is 13.0 Å². The topological polar surface area (TPSA) is 49.3 Å². The molecule has 2 N–H and O–H groups in total. The molecule has 0 aromatic heterocycles. The third kappa shape index (κ3) is 4.04. The first-order valence-electron chi connectivity index (χ1n) is 7.26. The monoisotopic (exact) mass is 279 g/mol. The Hall–Kier alpha value is -1.42. The molecule has 3 atom stereocenters. The summed E-state index contributed by atoms with van der Waals surface area (Å²) in [6.07, 6.45) is 2.97. The molecule has 0 heterocycles. The molecular weight excluding hydrogens is 257 g/mol. The van der Waals surface area contributed by atoms with E-state index < -0.39 is 0 Å². The van der Waals surface area contributed by atoms with Crippen LogP contribution in [0.2, 0.25) is 0 Å². The van der Waals surface area contributed by atoms with E-state index in [4.69, 9.17) is 0 Å². The fraction of sp³-hybridized carbons (Fsp3) is 0.562. The Bertz CT molecular complexity index is 446. The summed E-state index contributed by atoms with van der Waals surface area (Å²) >= 11 is 0. The number of rotatable bonds is 5. The minimum atomic E-state index is -0.273. The van der Waals surface area contributed by atoms with Crippen LogP contribution >= 0.6 is 0 Å². The van der Waals surface area contributed by atoms with Gasteiger partial charge in [0.15, 0.2) is 0 Å². The smallest absolute Gasteiger partial charge is 0.220 e. The molecular formula is C16H22FNO2. The van der Waals surface area contributed by atoms with Crippen molar-refractivity contribution in [3.63, 3.8) is 0 Å². The molecule has 1 saturated carbocycles. The highest BCUT2D eigenvalue weighted by molar-refractivity contribution is 5.76. The van der Waals surface area contributed by atoms with Gasteiger partial charge in [-0.05, 0) is 36.5 Å². The van der Waals surface area contributed by atoms with Crippen LogP contribution in [0.3, 0.4) is 0 Å². The van der Waals surface area contributed by atoms with Crippen molar-refractivity contribution in [2.24, 2.45) is 5.92 Å². The summed E-state index contributed by atoms with van der Waals surface area (Å²) in [6, 6.07) is 6.26. The number of benzene rings is 1. The van der Waals surface area contributed by atoms with E-state index in [-0.39, 0.29) is 29.7 Å². The van der Waals surface area contributed by atoms with Crippen LogP contribution in [0.4, 0.5) is 4.39 Å². The average molecular weight is 279 g/mol. The lowest BCUT2D eigenvalue weighted by Crippen LogP contribution is -2.32. The Morgan fingerprint density at radius 3 is 2.70 bits per heavy atom. The lowest BCUT2D eigenvalue weighted by atomic mass is 9.97. The van der Waals surface area contributed by atoms with Gasteiger partial charge in [-0.25, -0.2) is 4.39 Å². The first kappa shape index (κ1) is 15.0. The van der Waals surface area contributed by atoms with Gasteiger partial charge in [0.1, 0.15) is 5.82 Å². The van der Waals surface area contributed by atoms with Gasteiger partial charge in [-0.2, -0.15) is 0 Å². The van der Waals surface area contributed by atoms with E-state index in [1.807, 2.05) is 6.92 Å². The number of aliphatic hydroxyl groups excluding tert-OH is 1. The summed E-state index contributed by atoms with van der Waals surface area (Å²) < 4.78 is 12.8. The number of hydrogen-bond donors (Lipinski definition) is 2. The molecule has 1 aliphatic carbocycles. The average Bonchev–Trinajstić information content (AvgIpc) is 2.82. The highest BCUT2D eigenvalue weighted by Crippen LogP contribution is 2.25. The van der Waals surface area contributed by atoms with Gasteiger partial charge in [0, 0.05) is 18.9 Å². The molecule has 110 valence electrons. The minimum Gasteiger partial charge on any atom is -0.393 e. The van der Waals surface area contributed by atoms with E-state index in [1.54, 1.807) is 12.1 Å². The Morgan fingerprint density at radius 1 is 1.40 bits per heavy atom. The molecule has 0 spiro atoms. The van der Waals surface area contributed by atoms with E-state index in [1.165, 1.54) is 12.1 Å². The Kier molecular flexibility index (Phi) is 5.12. The molecule has 0 aliphatic heterocycles. The number of amides is 1. The molecule has 4 heteroatoms. The number of carbonyl (C=O) groups excluding carboxylic acids is 1. The molecule has 0 bridgehead atoms. The normalized spacial score (nSPS) is 23.6. The molecule has 1 aliphatic rings. The summed E-state index contributed by atoms with van der Waals surface area (Å²) in [5.74, 6) is -0.0225. The molecule has 3 unspecified atom stereocenters. The first-order chi connectivity index (χ1) is 9.56. The maximum atomic E-state index is 12.8. The predicted octanol–water partition coefficient (Wildman–Crippen LogP) is 2.60. The first-order valence-corrected chi connectivity index (χ1v) is 7.26. The molecule has 1 amide bonds. The molecule has 1 aromatic carbocycles. The van der Waals surface area contributed by atoms with Crippen LogP contribution in [0.25, 0.3) is 0 Å². The van der Waals surface area contributed by atoms with Crippen LogP contribution in [0.15, 0.2) is 24.3 Å². The van der Waals surface area contributed by atoms with Gasteiger partial charge in [0.05, 0.1) is 6.10 Å². The number of hydrogen-bond acceptors (Lipinski definition) is 2. The van der Waals surface area contributed by atoms with Crippen molar-refractivity contribution in [2.45, 2.75) is 44.6 Å². The van der Waals surface area contributed by atoms with E-state index >= 15 is 0 Å². The van der Waals surface area contributed by atoms with Gasteiger partial charge in [-0.1, -0.05) is 25.5 Å². The van der Waals surface area contributed by atoms with Crippen LogP contribution in [-0.2, 0) is 4.79 Å². The molecule has 1 aromatic rings. The highest BCUT2D eigenvalue weighted by atomic mass is 19.1. The summed E-state index contributed by atoms with van der Waals surface area (Å²) in [4.78, 5) is 11.9.